The van der Waals surface area contributed by atoms with Gasteiger partial charge in [0.2, 0.25) is 0 Å². The van der Waals surface area contributed by atoms with E-state index in [-0.39, 0.29) is 5.97 Å². The van der Waals surface area contributed by atoms with Gasteiger partial charge in [-0.15, -0.1) is 0 Å². The summed E-state index contributed by atoms with van der Waals surface area (Å²) in [4.78, 5) is 20.7. The molecule has 0 aromatic heterocycles. The van der Waals surface area contributed by atoms with E-state index in [0.29, 0.717) is 25.9 Å². The predicted molar refractivity (Wildman–Crippen MR) is 50.3 cm³/mol. The van der Waals surface area contributed by atoms with Crippen molar-refractivity contribution in [1.29, 1.82) is 0 Å². The Morgan fingerprint density at radius 2 is 1.92 bits per heavy atom. The van der Waals surface area contributed by atoms with Gasteiger partial charge in [0.25, 0.3) is 0 Å². The first-order valence-corrected chi connectivity index (χ1v) is 4.55. The van der Waals surface area contributed by atoms with Crippen molar-refractivity contribution < 1.29 is 14.3 Å². The van der Waals surface area contributed by atoms with E-state index in [4.69, 9.17) is 4.74 Å². The van der Waals surface area contributed by atoms with E-state index in [1.807, 2.05) is 12.2 Å². The highest BCUT2D eigenvalue weighted by molar-refractivity contribution is 5.69. The molecule has 0 aromatic rings. The molecular weight excluding hydrogens is 168 g/mol. The summed E-state index contributed by atoms with van der Waals surface area (Å²) >= 11 is 0. The van der Waals surface area contributed by atoms with E-state index in [2.05, 4.69) is 0 Å². The molecule has 0 fully saturated rings. The molecule has 3 heteroatoms. The van der Waals surface area contributed by atoms with E-state index in [9.17, 15) is 9.59 Å². The van der Waals surface area contributed by atoms with Crippen molar-refractivity contribution in [3.63, 3.8) is 0 Å². The van der Waals surface area contributed by atoms with Crippen molar-refractivity contribution in [2.75, 3.05) is 6.61 Å². The monoisotopic (exact) mass is 184 g/mol. The Bertz CT molecular complexity index is 173. The molecule has 0 unspecified atom stereocenters. The quantitative estimate of drug-likeness (QED) is 0.262. The van der Waals surface area contributed by atoms with Crippen LogP contribution in [0.1, 0.15) is 32.6 Å². The van der Waals surface area contributed by atoms with Gasteiger partial charge in [-0.25, -0.2) is 0 Å². The number of hydrogen-bond acceptors (Lipinski definition) is 3. The Morgan fingerprint density at radius 1 is 1.23 bits per heavy atom. The average Bonchev–Trinajstić information content (AvgIpc) is 2.11. The van der Waals surface area contributed by atoms with Crippen molar-refractivity contribution in [3.8, 4) is 0 Å². The van der Waals surface area contributed by atoms with Gasteiger partial charge in [-0.1, -0.05) is 12.2 Å². The first-order valence-electron chi connectivity index (χ1n) is 4.55. The van der Waals surface area contributed by atoms with E-state index in [1.54, 1.807) is 6.92 Å². The number of allylic oxidation sites excluding steroid dienone is 2. The number of ether oxygens (including phenoxy) is 1. The van der Waals surface area contributed by atoms with E-state index in [1.165, 1.54) is 0 Å². The Kier molecular flexibility index (Phi) is 8.20. The van der Waals surface area contributed by atoms with E-state index < -0.39 is 0 Å². The van der Waals surface area contributed by atoms with Crippen LogP contribution in [0, 0.1) is 0 Å². The second-order valence-corrected chi connectivity index (χ2v) is 2.56. The highest BCUT2D eigenvalue weighted by atomic mass is 16.5. The topological polar surface area (TPSA) is 43.4 Å². The van der Waals surface area contributed by atoms with Gasteiger partial charge in [-0.05, 0) is 19.8 Å². The van der Waals surface area contributed by atoms with Crippen LogP contribution >= 0.6 is 0 Å². The molecule has 0 aromatic carbocycles. The first-order chi connectivity index (χ1) is 6.31. The van der Waals surface area contributed by atoms with E-state index in [0.717, 1.165) is 12.7 Å². The number of aldehydes is 1. The van der Waals surface area contributed by atoms with Gasteiger partial charge in [-0.2, -0.15) is 0 Å². The highest BCUT2D eigenvalue weighted by Crippen LogP contribution is 1.96. The summed E-state index contributed by atoms with van der Waals surface area (Å²) in [5, 5.41) is 0. The molecule has 0 atom stereocenters. The molecule has 0 spiro atoms. The SMILES string of the molecule is CCOC(=O)CCC=CCCC=O. The number of unbranched alkanes of at least 4 members (excludes halogenated alkanes) is 1. The van der Waals surface area contributed by atoms with Crippen LogP contribution in [0.2, 0.25) is 0 Å². The zero-order valence-electron chi connectivity index (χ0n) is 7.99. The summed E-state index contributed by atoms with van der Waals surface area (Å²) in [6.07, 6.45) is 7.12. The third-order valence-corrected chi connectivity index (χ3v) is 1.44. The summed E-state index contributed by atoms with van der Waals surface area (Å²) in [6, 6.07) is 0. The summed E-state index contributed by atoms with van der Waals surface area (Å²) < 4.78 is 4.74. The minimum absolute atomic E-state index is 0.164. The molecule has 0 saturated heterocycles. The second kappa shape index (κ2) is 8.97. The average molecular weight is 184 g/mol. The minimum atomic E-state index is -0.164. The Labute approximate surface area is 78.8 Å². The van der Waals surface area contributed by atoms with Crippen LogP contribution in [-0.2, 0) is 14.3 Å². The summed E-state index contributed by atoms with van der Waals surface area (Å²) in [7, 11) is 0. The zero-order chi connectivity index (χ0) is 9.94. The molecule has 74 valence electrons. The normalized spacial score (nSPS) is 10.2. The lowest BCUT2D eigenvalue weighted by Crippen LogP contribution is -2.02. The molecule has 0 aliphatic carbocycles. The van der Waals surface area contributed by atoms with Crippen molar-refractivity contribution in [2.45, 2.75) is 32.6 Å². The molecule has 0 heterocycles. The number of esters is 1. The summed E-state index contributed by atoms with van der Waals surface area (Å²) in [5.41, 5.74) is 0. The van der Waals surface area contributed by atoms with Crippen LogP contribution in [0.4, 0.5) is 0 Å². The molecule has 0 aliphatic rings. The molecule has 0 saturated carbocycles. The number of carbonyl (C=O) groups excluding carboxylic acids is 2. The Balaban J connectivity index is 3.27. The number of hydrogen-bond donors (Lipinski definition) is 0. The lowest BCUT2D eigenvalue weighted by molar-refractivity contribution is -0.143. The molecule has 0 amide bonds. The second-order valence-electron chi connectivity index (χ2n) is 2.56. The summed E-state index contributed by atoms with van der Waals surface area (Å²) in [5.74, 6) is -0.164. The van der Waals surface area contributed by atoms with Crippen LogP contribution in [0.15, 0.2) is 12.2 Å². The third-order valence-electron chi connectivity index (χ3n) is 1.44. The molecule has 0 radical (unpaired) electrons. The maximum atomic E-state index is 10.8. The van der Waals surface area contributed by atoms with Crippen LogP contribution in [-0.4, -0.2) is 18.9 Å². The van der Waals surface area contributed by atoms with Gasteiger partial charge in [0, 0.05) is 12.8 Å². The largest absolute Gasteiger partial charge is 0.466 e. The fourth-order valence-electron chi connectivity index (χ4n) is 0.834. The number of carbonyl (C=O) groups is 2. The minimum Gasteiger partial charge on any atom is -0.466 e. The van der Waals surface area contributed by atoms with Crippen LogP contribution in [0.5, 0.6) is 0 Å². The van der Waals surface area contributed by atoms with Gasteiger partial charge in [-0.3, -0.25) is 4.79 Å². The lowest BCUT2D eigenvalue weighted by atomic mass is 10.2. The fourth-order valence-corrected chi connectivity index (χ4v) is 0.834. The first kappa shape index (κ1) is 11.9. The fraction of sp³-hybridized carbons (Fsp3) is 0.600. The van der Waals surface area contributed by atoms with Gasteiger partial charge in [0.1, 0.15) is 6.29 Å². The summed E-state index contributed by atoms with van der Waals surface area (Å²) in [6.45, 7) is 2.23. The van der Waals surface area contributed by atoms with Crippen molar-refractivity contribution >= 4 is 12.3 Å². The van der Waals surface area contributed by atoms with Gasteiger partial charge in [0.15, 0.2) is 0 Å². The maximum Gasteiger partial charge on any atom is 0.306 e. The zero-order valence-corrected chi connectivity index (χ0v) is 7.99. The molecular formula is C10H16O3. The van der Waals surface area contributed by atoms with Crippen LogP contribution in [0.25, 0.3) is 0 Å². The maximum absolute atomic E-state index is 10.8. The smallest absolute Gasteiger partial charge is 0.306 e. The Hall–Kier alpha value is -1.12. The molecule has 3 nitrogen and oxygen atoms in total. The molecule has 13 heavy (non-hydrogen) atoms. The van der Waals surface area contributed by atoms with Gasteiger partial charge >= 0.3 is 5.97 Å². The van der Waals surface area contributed by atoms with Crippen LogP contribution < -0.4 is 0 Å². The molecule has 0 rings (SSSR count). The standard InChI is InChI=1S/C10H16O3/c1-2-13-10(12)8-6-4-3-5-7-9-11/h3-4,9H,2,5-8H2,1H3. The van der Waals surface area contributed by atoms with Crippen LogP contribution in [0.3, 0.4) is 0 Å². The van der Waals surface area contributed by atoms with Gasteiger partial charge in [0.05, 0.1) is 6.61 Å². The highest BCUT2D eigenvalue weighted by Gasteiger charge is 1.97. The van der Waals surface area contributed by atoms with Gasteiger partial charge < -0.3 is 9.53 Å². The van der Waals surface area contributed by atoms with Crippen molar-refractivity contribution in [2.24, 2.45) is 0 Å². The van der Waals surface area contributed by atoms with Crippen molar-refractivity contribution in [3.05, 3.63) is 12.2 Å². The van der Waals surface area contributed by atoms with Crippen molar-refractivity contribution in [1.82, 2.24) is 0 Å². The van der Waals surface area contributed by atoms with E-state index >= 15 is 0 Å². The number of rotatable bonds is 7. The molecule has 0 bridgehead atoms. The predicted octanol–water partition coefficient (Wildman–Crippen LogP) is 1.86. The lowest BCUT2D eigenvalue weighted by Gasteiger charge is -1.97. The third kappa shape index (κ3) is 8.79. The molecule has 0 aliphatic heterocycles. The molecule has 0 N–H and O–H groups in total. The Morgan fingerprint density at radius 3 is 2.54 bits per heavy atom.